The topological polar surface area (TPSA) is 56.7 Å². The van der Waals surface area contributed by atoms with Gasteiger partial charge in [-0.2, -0.15) is 5.10 Å². The molecule has 2 heterocycles. The summed E-state index contributed by atoms with van der Waals surface area (Å²) in [5, 5.41) is 4.38. The van der Waals surface area contributed by atoms with E-state index >= 15 is 0 Å². The van der Waals surface area contributed by atoms with Gasteiger partial charge in [-0.1, -0.05) is 12.1 Å². The van der Waals surface area contributed by atoms with E-state index in [1.165, 1.54) is 0 Å². The lowest BCUT2D eigenvalue weighted by Gasteiger charge is -2.04. The first kappa shape index (κ1) is 12.9. The Morgan fingerprint density at radius 1 is 1.10 bits per heavy atom. The van der Waals surface area contributed by atoms with E-state index in [0.29, 0.717) is 0 Å². The fraction of sp³-hybridized carbons (Fsp3) is 0.0667. The zero-order chi connectivity index (χ0) is 14.1. The van der Waals surface area contributed by atoms with Gasteiger partial charge in [0, 0.05) is 28.1 Å². The van der Waals surface area contributed by atoms with Gasteiger partial charge in [0.05, 0.1) is 6.20 Å². The molecule has 100 valence electrons. The van der Waals surface area contributed by atoms with Crippen LogP contribution >= 0.6 is 15.9 Å². The minimum atomic E-state index is 0.756. The van der Waals surface area contributed by atoms with Gasteiger partial charge in [-0.3, -0.25) is 0 Å². The highest BCUT2D eigenvalue weighted by Gasteiger charge is 2.07. The predicted molar refractivity (Wildman–Crippen MR) is 83.6 cm³/mol. The summed E-state index contributed by atoms with van der Waals surface area (Å²) in [6.45, 7) is 2.01. The molecule has 0 spiro atoms. The molecule has 2 N–H and O–H groups in total. The lowest BCUT2D eigenvalue weighted by Crippen LogP contribution is -2.00. The Morgan fingerprint density at radius 3 is 2.55 bits per heavy atom. The monoisotopic (exact) mass is 328 g/mol. The highest BCUT2D eigenvalue weighted by molar-refractivity contribution is 9.10. The van der Waals surface area contributed by atoms with Crippen molar-refractivity contribution in [1.82, 2.24) is 14.8 Å². The van der Waals surface area contributed by atoms with Crippen molar-refractivity contribution < 1.29 is 0 Å². The summed E-state index contributed by atoms with van der Waals surface area (Å²) in [5.74, 6) is 0.829. The molecule has 0 aliphatic heterocycles. The fourth-order valence-corrected chi connectivity index (χ4v) is 2.48. The number of nitrogens with two attached hydrogens (primary N) is 1. The quantitative estimate of drug-likeness (QED) is 0.731. The first-order valence-electron chi connectivity index (χ1n) is 6.16. The molecule has 5 heteroatoms. The number of pyridine rings is 1. The molecule has 4 nitrogen and oxygen atoms in total. The average molecular weight is 329 g/mol. The number of anilines is 1. The fourth-order valence-electron chi connectivity index (χ4n) is 2.04. The third-order valence-corrected chi connectivity index (χ3v) is 3.49. The zero-order valence-corrected chi connectivity index (χ0v) is 12.5. The predicted octanol–water partition coefficient (Wildman–Crippen LogP) is 3.59. The average Bonchev–Trinajstić information content (AvgIpc) is 2.89. The molecule has 0 aliphatic carbocycles. The van der Waals surface area contributed by atoms with Gasteiger partial charge < -0.3 is 5.73 Å². The normalized spacial score (nSPS) is 10.7. The summed E-state index contributed by atoms with van der Waals surface area (Å²) in [7, 11) is 0. The maximum atomic E-state index is 5.70. The van der Waals surface area contributed by atoms with Crippen molar-refractivity contribution in [2.24, 2.45) is 0 Å². The molecule has 0 amide bonds. The largest absolute Gasteiger partial charge is 0.399 e. The van der Waals surface area contributed by atoms with Crippen molar-refractivity contribution in [2.45, 2.75) is 6.92 Å². The Morgan fingerprint density at radius 2 is 1.85 bits per heavy atom. The molecule has 1 aromatic carbocycles. The second kappa shape index (κ2) is 5.09. The molecule has 0 radical (unpaired) electrons. The molecule has 3 rings (SSSR count). The number of halogens is 1. The van der Waals surface area contributed by atoms with Crippen LogP contribution in [0.2, 0.25) is 0 Å². The van der Waals surface area contributed by atoms with Crippen molar-refractivity contribution >= 4 is 21.6 Å². The maximum absolute atomic E-state index is 5.70. The molecule has 0 bridgehead atoms. The summed E-state index contributed by atoms with van der Waals surface area (Å²) >= 11 is 3.41. The van der Waals surface area contributed by atoms with Crippen molar-refractivity contribution in [3.8, 4) is 16.9 Å². The van der Waals surface area contributed by atoms with Gasteiger partial charge in [0.1, 0.15) is 0 Å². The standard InChI is InChI=1S/C15H13BrN4/c1-10-6-13(16)8-18-15(10)20-9-12(7-19-20)11-2-4-14(17)5-3-11/h2-9H,17H2,1H3. The van der Waals surface area contributed by atoms with Crippen LogP contribution in [-0.2, 0) is 0 Å². The summed E-state index contributed by atoms with van der Waals surface area (Å²) in [5.41, 5.74) is 9.64. The summed E-state index contributed by atoms with van der Waals surface area (Å²) in [6, 6.07) is 9.76. The van der Waals surface area contributed by atoms with Gasteiger partial charge >= 0.3 is 0 Å². The van der Waals surface area contributed by atoms with Crippen molar-refractivity contribution in [2.75, 3.05) is 5.73 Å². The van der Waals surface area contributed by atoms with E-state index in [9.17, 15) is 0 Å². The molecule has 0 saturated heterocycles. The molecule has 0 aliphatic rings. The number of aromatic nitrogens is 3. The van der Waals surface area contributed by atoms with Crippen LogP contribution in [0.3, 0.4) is 0 Å². The van der Waals surface area contributed by atoms with E-state index in [4.69, 9.17) is 5.73 Å². The van der Waals surface area contributed by atoms with E-state index in [-0.39, 0.29) is 0 Å². The van der Waals surface area contributed by atoms with E-state index < -0.39 is 0 Å². The molecular weight excluding hydrogens is 316 g/mol. The third kappa shape index (κ3) is 2.44. The van der Waals surface area contributed by atoms with Gasteiger partial charge in [-0.05, 0) is 52.2 Å². The van der Waals surface area contributed by atoms with Crippen LogP contribution in [0.15, 0.2) is 53.4 Å². The number of nitrogen functional groups attached to an aromatic ring is 1. The minimum Gasteiger partial charge on any atom is -0.399 e. The van der Waals surface area contributed by atoms with Gasteiger partial charge in [0.25, 0.3) is 0 Å². The van der Waals surface area contributed by atoms with Crippen LogP contribution in [0.1, 0.15) is 5.56 Å². The first-order chi connectivity index (χ1) is 9.63. The summed E-state index contributed by atoms with van der Waals surface area (Å²) < 4.78 is 2.75. The number of hydrogen-bond donors (Lipinski definition) is 1. The Kier molecular flexibility index (Phi) is 3.28. The summed E-state index contributed by atoms with van der Waals surface area (Å²) in [4.78, 5) is 4.40. The lowest BCUT2D eigenvalue weighted by atomic mass is 10.1. The lowest BCUT2D eigenvalue weighted by molar-refractivity contribution is 0.837. The Balaban J connectivity index is 1.99. The van der Waals surface area contributed by atoms with Gasteiger partial charge in [0.2, 0.25) is 0 Å². The van der Waals surface area contributed by atoms with Crippen LogP contribution in [0.5, 0.6) is 0 Å². The zero-order valence-electron chi connectivity index (χ0n) is 10.9. The second-order valence-electron chi connectivity index (χ2n) is 4.59. The molecule has 0 unspecified atom stereocenters. The smallest absolute Gasteiger partial charge is 0.156 e. The third-order valence-electron chi connectivity index (χ3n) is 3.06. The number of rotatable bonds is 2. The minimum absolute atomic E-state index is 0.756. The SMILES string of the molecule is Cc1cc(Br)cnc1-n1cc(-c2ccc(N)cc2)cn1. The van der Waals surface area contributed by atoms with Gasteiger partial charge in [-0.25, -0.2) is 9.67 Å². The Hall–Kier alpha value is -2.14. The molecule has 0 atom stereocenters. The highest BCUT2D eigenvalue weighted by atomic mass is 79.9. The van der Waals surface area contributed by atoms with E-state index in [0.717, 1.165) is 32.7 Å². The first-order valence-corrected chi connectivity index (χ1v) is 6.96. The number of nitrogens with zero attached hydrogens (tertiary/aromatic N) is 3. The maximum Gasteiger partial charge on any atom is 0.156 e. The molecule has 0 fully saturated rings. The van der Waals surface area contributed by atoms with Crippen LogP contribution in [0.4, 0.5) is 5.69 Å². The van der Waals surface area contributed by atoms with E-state index in [1.807, 2.05) is 49.6 Å². The van der Waals surface area contributed by atoms with Crippen LogP contribution in [0, 0.1) is 6.92 Å². The van der Waals surface area contributed by atoms with Gasteiger partial charge in [0.15, 0.2) is 5.82 Å². The molecule has 3 aromatic rings. The van der Waals surface area contributed by atoms with Crippen LogP contribution < -0.4 is 5.73 Å². The molecule has 2 aromatic heterocycles. The second-order valence-corrected chi connectivity index (χ2v) is 5.51. The van der Waals surface area contributed by atoms with E-state index in [2.05, 4.69) is 26.0 Å². The molecule has 20 heavy (non-hydrogen) atoms. The molecular formula is C15H13BrN4. The van der Waals surface area contributed by atoms with Gasteiger partial charge in [-0.15, -0.1) is 0 Å². The van der Waals surface area contributed by atoms with Crippen LogP contribution in [0.25, 0.3) is 16.9 Å². The summed E-state index contributed by atoms with van der Waals surface area (Å²) in [6.07, 6.45) is 5.57. The van der Waals surface area contributed by atoms with Crippen molar-refractivity contribution in [1.29, 1.82) is 0 Å². The molecule has 0 saturated carbocycles. The highest BCUT2D eigenvalue weighted by Crippen LogP contribution is 2.22. The van der Waals surface area contributed by atoms with Crippen LogP contribution in [-0.4, -0.2) is 14.8 Å². The van der Waals surface area contributed by atoms with E-state index in [1.54, 1.807) is 10.9 Å². The van der Waals surface area contributed by atoms with Crippen molar-refractivity contribution in [3.63, 3.8) is 0 Å². The number of aryl methyl sites for hydroxylation is 1. The number of hydrogen-bond acceptors (Lipinski definition) is 3. The Labute approximate surface area is 125 Å². The Bertz CT molecular complexity index is 747. The number of benzene rings is 1. The van der Waals surface area contributed by atoms with Crippen molar-refractivity contribution in [3.05, 3.63) is 59.0 Å².